The van der Waals surface area contributed by atoms with Crippen LogP contribution in [0.1, 0.15) is 19.4 Å². The summed E-state index contributed by atoms with van der Waals surface area (Å²) in [6, 6.07) is 7.10. The minimum absolute atomic E-state index is 0.207. The SMILES string of the molecule is COC(=O)C(C)(Cc1ccc(N)cc1)C(C)=O. The maximum absolute atomic E-state index is 11.7. The van der Waals surface area contributed by atoms with Crippen LogP contribution in [0.4, 0.5) is 5.69 Å². The monoisotopic (exact) mass is 235 g/mol. The molecule has 0 aliphatic carbocycles. The van der Waals surface area contributed by atoms with Crippen molar-refractivity contribution in [1.82, 2.24) is 0 Å². The van der Waals surface area contributed by atoms with Crippen molar-refractivity contribution in [2.24, 2.45) is 5.41 Å². The van der Waals surface area contributed by atoms with Gasteiger partial charge in [-0.15, -0.1) is 0 Å². The van der Waals surface area contributed by atoms with Gasteiger partial charge in [0.25, 0.3) is 0 Å². The zero-order chi connectivity index (χ0) is 13.1. The molecule has 0 spiro atoms. The van der Waals surface area contributed by atoms with Gasteiger partial charge in [0.2, 0.25) is 0 Å². The number of methoxy groups -OCH3 is 1. The first-order chi connectivity index (χ1) is 7.90. The molecular formula is C13H17NO3. The molecule has 1 aromatic rings. The van der Waals surface area contributed by atoms with Crippen molar-refractivity contribution in [2.75, 3.05) is 12.8 Å². The quantitative estimate of drug-likeness (QED) is 0.488. The van der Waals surface area contributed by atoms with Gasteiger partial charge < -0.3 is 10.5 Å². The number of Topliss-reactive ketones (excluding diaryl/α,β-unsaturated/α-hetero) is 1. The predicted octanol–water partition coefficient (Wildman–Crippen LogP) is 1.58. The lowest BCUT2D eigenvalue weighted by molar-refractivity contribution is -0.156. The number of ketones is 1. The maximum Gasteiger partial charge on any atom is 0.319 e. The highest BCUT2D eigenvalue weighted by Gasteiger charge is 2.39. The maximum atomic E-state index is 11.7. The second-order valence-corrected chi connectivity index (χ2v) is 4.30. The Balaban J connectivity index is 2.99. The molecule has 0 bridgehead atoms. The number of rotatable bonds is 4. The van der Waals surface area contributed by atoms with Gasteiger partial charge in [-0.05, 0) is 38.0 Å². The number of ether oxygens (including phenoxy) is 1. The number of carbonyl (C=O) groups excluding carboxylic acids is 2. The van der Waals surface area contributed by atoms with Gasteiger partial charge in [0.1, 0.15) is 11.2 Å². The number of nitrogen functional groups attached to an aromatic ring is 1. The smallest absolute Gasteiger partial charge is 0.319 e. The fraction of sp³-hybridized carbons (Fsp3) is 0.385. The van der Waals surface area contributed by atoms with Crippen LogP contribution in [0.15, 0.2) is 24.3 Å². The minimum Gasteiger partial charge on any atom is -0.468 e. The van der Waals surface area contributed by atoms with Crippen LogP contribution in [0.3, 0.4) is 0 Å². The molecule has 1 rings (SSSR count). The van der Waals surface area contributed by atoms with Gasteiger partial charge in [-0.2, -0.15) is 0 Å². The Kier molecular flexibility index (Phi) is 3.89. The number of carbonyl (C=O) groups is 2. The second-order valence-electron chi connectivity index (χ2n) is 4.30. The molecule has 4 heteroatoms. The summed E-state index contributed by atoms with van der Waals surface area (Å²) in [5.41, 5.74) is 5.97. The van der Waals surface area contributed by atoms with E-state index in [2.05, 4.69) is 4.74 Å². The van der Waals surface area contributed by atoms with E-state index in [9.17, 15) is 9.59 Å². The van der Waals surface area contributed by atoms with Crippen LogP contribution >= 0.6 is 0 Å². The molecule has 0 aliphatic heterocycles. The first kappa shape index (κ1) is 13.2. The predicted molar refractivity (Wildman–Crippen MR) is 65.4 cm³/mol. The summed E-state index contributed by atoms with van der Waals surface area (Å²) in [5.74, 6) is -0.719. The average molecular weight is 235 g/mol. The van der Waals surface area contributed by atoms with Crippen LogP contribution in [0.25, 0.3) is 0 Å². The van der Waals surface area contributed by atoms with Gasteiger partial charge in [0.05, 0.1) is 7.11 Å². The highest BCUT2D eigenvalue weighted by atomic mass is 16.5. The Morgan fingerprint density at radius 3 is 2.24 bits per heavy atom. The van der Waals surface area contributed by atoms with Gasteiger partial charge in [0.15, 0.2) is 0 Å². The van der Waals surface area contributed by atoms with Gasteiger partial charge in [-0.1, -0.05) is 12.1 Å². The molecule has 0 fully saturated rings. The van der Waals surface area contributed by atoms with Crippen LogP contribution < -0.4 is 5.73 Å². The molecule has 4 nitrogen and oxygen atoms in total. The molecule has 0 aromatic heterocycles. The molecule has 0 aliphatic rings. The summed E-state index contributed by atoms with van der Waals surface area (Å²) in [4.78, 5) is 23.3. The van der Waals surface area contributed by atoms with Crippen LogP contribution in [0.5, 0.6) is 0 Å². The van der Waals surface area contributed by atoms with E-state index in [1.807, 2.05) is 0 Å². The summed E-state index contributed by atoms with van der Waals surface area (Å²) < 4.78 is 4.69. The van der Waals surface area contributed by atoms with Crippen molar-refractivity contribution < 1.29 is 14.3 Å². The minimum atomic E-state index is -1.13. The highest BCUT2D eigenvalue weighted by Crippen LogP contribution is 2.26. The average Bonchev–Trinajstić information content (AvgIpc) is 2.30. The first-order valence-electron chi connectivity index (χ1n) is 5.34. The number of benzene rings is 1. The molecule has 0 saturated carbocycles. The van der Waals surface area contributed by atoms with E-state index in [1.165, 1.54) is 14.0 Å². The molecule has 0 radical (unpaired) electrons. The molecule has 1 atom stereocenters. The number of nitrogens with two attached hydrogens (primary N) is 1. The van der Waals surface area contributed by atoms with Crippen molar-refractivity contribution in [1.29, 1.82) is 0 Å². The molecule has 0 amide bonds. The van der Waals surface area contributed by atoms with Crippen molar-refractivity contribution in [3.63, 3.8) is 0 Å². The first-order valence-corrected chi connectivity index (χ1v) is 5.34. The summed E-state index contributed by atoms with van der Waals surface area (Å²) >= 11 is 0. The fourth-order valence-electron chi connectivity index (χ4n) is 1.61. The van der Waals surface area contributed by atoms with Crippen LogP contribution in [-0.4, -0.2) is 18.9 Å². The summed E-state index contributed by atoms with van der Waals surface area (Å²) in [7, 11) is 1.28. The van der Waals surface area contributed by atoms with Crippen molar-refractivity contribution in [2.45, 2.75) is 20.3 Å². The zero-order valence-corrected chi connectivity index (χ0v) is 10.3. The lowest BCUT2D eigenvalue weighted by Crippen LogP contribution is -2.38. The van der Waals surface area contributed by atoms with E-state index in [0.717, 1.165) is 5.56 Å². The van der Waals surface area contributed by atoms with Crippen molar-refractivity contribution >= 4 is 17.4 Å². The zero-order valence-electron chi connectivity index (χ0n) is 10.3. The molecular weight excluding hydrogens is 218 g/mol. The van der Waals surface area contributed by atoms with E-state index >= 15 is 0 Å². The Hall–Kier alpha value is -1.84. The van der Waals surface area contributed by atoms with E-state index < -0.39 is 11.4 Å². The number of hydrogen-bond acceptors (Lipinski definition) is 4. The number of anilines is 1. The normalized spacial score (nSPS) is 13.8. The standard InChI is InChI=1S/C13H17NO3/c1-9(15)13(2,12(16)17-3)8-10-4-6-11(14)7-5-10/h4-7H,8,14H2,1-3H3. The molecule has 17 heavy (non-hydrogen) atoms. The van der Waals surface area contributed by atoms with Gasteiger partial charge in [-0.25, -0.2) is 0 Å². The van der Waals surface area contributed by atoms with Crippen LogP contribution in [-0.2, 0) is 20.7 Å². The summed E-state index contributed by atoms with van der Waals surface area (Å²) in [6.45, 7) is 2.99. The molecule has 1 aromatic carbocycles. The third-order valence-corrected chi connectivity index (χ3v) is 2.95. The third kappa shape index (κ3) is 2.84. The van der Waals surface area contributed by atoms with E-state index in [1.54, 1.807) is 31.2 Å². The number of hydrogen-bond donors (Lipinski definition) is 1. The van der Waals surface area contributed by atoms with E-state index in [0.29, 0.717) is 12.1 Å². The Labute approximate surface area is 101 Å². The molecule has 0 heterocycles. The highest BCUT2D eigenvalue weighted by molar-refractivity contribution is 6.02. The Morgan fingerprint density at radius 2 is 1.82 bits per heavy atom. The van der Waals surface area contributed by atoms with E-state index in [4.69, 9.17) is 5.73 Å². The van der Waals surface area contributed by atoms with Crippen molar-refractivity contribution in [3.8, 4) is 0 Å². The van der Waals surface area contributed by atoms with Crippen molar-refractivity contribution in [3.05, 3.63) is 29.8 Å². The Morgan fingerprint density at radius 1 is 1.29 bits per heavy atom. The third-order valence-electron chi connectivity index (χ3n) is 2.95. The molecule has 0 saturated heterocycles. The lowest BCUT2D eigenvalue weighted by atomic mass is 9.80. The second kappa shape index (κ2) is 4.99. The fourth-order valence-corrected chi connectivity index (χ4v) is 1.61. The van der Waals surface area contributed by atoms with Crippen LogP contribution in [0.2, 0.25) is 0 Å². The largest absolute Gasteiger partial charge is 0.468 e. The van der Waals surface area contributed by atoms with Gasteiger partial charge >= 0.3 is 5.97 Å². The summed E-state index contributed by atoms with van der Waals surface area (Å²) in [6.07, 6.45) is 0.315. The topological polar surface area (TPSA) is 69.4 Å². The molecule has 92 valence electrons. The van der Waals surface area contributed by atoms with Gasteiger partial charge in [0, 0.05) is 5.69 Å². The summed E-state index contributed by atoms with van der Waals surface area (Å²) in [5, 5.41) is 0. The molecule has 1 unspecified atom stereocenters. The lowest BCUT2D eigenvalue weighted by Gasteiger charge is -2.23. The van der Waals surface area contributed by atoms with E-state index in [-0.39, 0.29) is 5.78 Å². The Bertz CT molecular complexity index is 425. The van der Waals surface area contributed by atoms with Crippen LogP contribution in [0, 0.1) is 5.41 Å². The molecule has 2 N–H and O–H groups in total. The van der Waals surface area contributed by atoms with Gasteiger partial charge in [-0.3, -0.25) is 9.59 Å². The number of esters is 1.